The van der Waals surface area contributed by atoms with Crippen molar-refractivity contribution in [1.29, 1.82) is 0 Å². The summed E-state index contributed by atoms with van der Waals surface area (Å²) in [4.78, 5) is 7.54. The van der Waals surface area contributed by atoms with Gasteiger partial charge in [0.15, 0.2) is 11.6 Å². The van der Waals surface area contributed by atoms with Gasteiger partial charge >= 0.3 is 12.4 Å². The van der Waals surface area contributed by atoms with Crippen LogP contribution < -0.4 is 10.1 Å². The summed E-state index contributed by atoms with van der Waals surface area (Å²) in [5.74, 6) is 0.257. The van der Waals surface area contributed by atoms with Gasteiger partial charge in [0.2, 0.25) is 5.28 Å². The molecule has 0 aliphatic carbocycles. The van der Waals surface area contributed by atoms with E-state index in [-0.39, 0.29) is 22.9 Å². The number of nitrogens with one attached hydrogen (secondary N) is 1. The summed E-state index contributed by atoms with van der Waals surface area (Å²) in [6.45, 7) is -0.440. The number of rotatable bonds is 6. The molecule has 0 aliphatic heterocycles. The van der Waals surface area contributed by atoms with Gasteiger partial charge in [-0.2, -0.15) is 31.3 Å². The van der Waals surface area contributed by atoms with E-state index in [4.69, 9.17) is 21.1 Å². The number of nitrogens with zero attached hydrogens (tertiary/aromatic N) is 2. The number of anilines is 1. The summed E-state index contributed by atoms with van der Waals surface area (Å²) in [5.41, 5.74) is -3.37. The molecule has 1 aromatic carbocycles. The zero-order valence-corrected chi connectivity index (χ0v) is 15.2. The lowest BCUT2D eigenvalue weighted by Gasteiger charge is -2.22. The Morgan fingerprint density at radius 2 is 1.82 bits per heavy atom. The lowest BCUT2D eigenvalue weighted by molar-refractivity contribution is -0.144. The Hall–Kier alpha value is -2.27. The second kappa shape index (κ2) is 8.39. The third-order valence-electron chi connectivity index (χ3n) is 3.67. The highest BCUT2D eigenvalue weighted by atomic mass is 35.5. The Kier molecular flexibility index (Phi) is 6.60. The fourth-order valence-electron chi connectivity index (χ4n) is 2.34. The van der Waals surface area contributed by atoms with Crippen LogP contribution in [-0.2, 0) is 17.1 Å². The number of hydrogen-bond donors (Lipinski definition) is 1. The van der Waals surface area contributed by atoms with Gasteiger partial charge in [-0.25, -0.2) is 4.98 Å². The van der Waals surface area contributed by atoms with Crippen LogP contribution in [0.15, 0.2) is 24.4 Å². The van der Waals surface area contributed by atoms with E-state index in [1.54, 1.807) is 0 Å². The van der Waals surface area contributed by atoms with E-state index >= 15 is 0 Å². The standard InChI is InChI=1S/C16H14ClF6N3O2/c1-24-13-11(6-25-14(17)26-13)28-7-12(27-2)9-4-3-8(15(18,19)20)5-10(9)16(21,22)23/h3-6,12H,7H2,1-2H3,(H,24,25,26). The number of ether oxygens (including phenoxy) is 2. The fraction of sp³-hybridized carbons (Fsp3) is 0.375. The van der Waals surface area contributed by atoms with Gasteiger partial charge in [-0.3, -0.25) is 0 Å². The van der Waals surface area contributed by atoms with Gasteiger partial charge in [0.25, 0.3) is 0 Å². The van der Waals surface area contributed by atoms with Gasteiger partial charge in [-0.05, 0) is 29.3 Å². The topological polar surface area (TPSA) is 56.3 Å². The zero-order valence-electron chi connectivity index (χ0n) is 14.5. The minimum absolute atomic E-state index is 0.0474. The van der Waals surface area contributed by atoms with Crippen LogP contribution in [0.1, 0.15) is 22.8 Å². The summed E-state index contributed by atoms with van der Waals surface area (Å²) in [6.07, 6.45) is -10.0. The second-order valence-corrected chi connectivity index (χ2v) is 5.77. The summed E-state index contributed by atoms with van der Waals surface area (Å²) in [6, 6.07) is 1.33. The van der Waals surface area contributed by atoms with Gasteiger partial charge in [-0.1, -0.05) is 6.07 Å². The van der Waals surface area contributed by atoms with Crippen LogP contribution in [0.4, 0.5) is 32.2 Å². The van der Waals surface area contributed by atoms with Crippen LogP contribution in [-0.4, -0.2) is 30.7 Å². The number of methoxy groups -OCH3 is 1. The first-order chi connectivity index (χ1) is 13.0. The predicted molar refractivity (Wildman–Crippen MR) is 88.3 cm³/mol. The van der Waals surface area contributed by atoms with Crippen molar-refractivity contribution in [2.45, 2.75) is 18.5 Å². The molecular weight excluding hydrogens is 416 g/mol. The maximum Gasteiger partial charge on any atom is 0.416 e. The molecule has 0 bridgehead atoms. The van der Waals surface area contributed by atoms with Gasteiger partial charge in [0, 0.05) is 14.2 Å². The van der Waals surface area contributed by atoms with Gasteiger partial charge in [0.1, 0.15) is 12.7 Å². The molecule has 0 spiro atoms. The third kappa shape index (κ3) is 5.16. The van der Waals surface area contributed by atoms with Crippen LogP contribution in [0.3, 0.4) is 0 Å². The van der Waals surface area contributed by atoms with Crippen LogP contribution >= 0.6 is 11.6 Å². The van der Waals surface area contributed by atoms with E-state index in [1.807, 2.05) is 0 Å². The number of halogens is 7. The monoisotopic (exact) mass is 429 g/mol. The number of alkyl halides is 6. The van der Waals surface area contributed by atoms with Gasteiger partial charge < -0.3 is 14.8 Å². The maximum absolute atomic E-state index is 13.3. The molecule has 1 heterocycles. The predicted octanol–water partition coefficient (Wildman–Crippen LogP) is 4.98. The Morgan fingerprint density at radius 3 is 2.36 bits per heavy atom. The number of benzene rings is 1. The van der Waals surface area contributed by atoms with Crippen molar-refractivity contribution < 1.29 is 35.8 Å². The molecule has 2 aromatic rings. The van der Waals surface area contributed by atoms with Crippen molar-refractivity contribution in [3.8, 4) is 5.75 Å². The van der Waals surface area contributed by atoms with Crippen molar-refractivity contribution >= 4 is 17.4 Å². The molecule has 1 atom stereocenters. The summed E-state index contributed by atoms with van der Waals surface area (Å²) in [7, 11) is 2.63. The Labute approximate surface area is 160 Å². The third-order valence-corrected chi connectivity index (χ3v) is 3.85. The van der Waals surface area contributed by atoms with Crippen molar-refractivity contribution in [2.75, 3.05) is 26.1 Å². The van der Waals surface area contributed by atoms with Crippen molar-refractivity contribution in [1.82, 2.24) is 9.97 Å². The van der Waals surface area contributed by atoms with E-state index in [0.29, 0.717) is 6.07 Å². The molecule has 0 fully saturated rings. The molecule has 1 unspecified atom stereocenters. The molecule has 2 rings (SSSR count). The number of hydrogen-bond acceptors (Lipinski definition) is 5. The van der Waals surface area contributed by atoms with Crippen molar-refractivity contribution in [3.63, 3.8) is 0 Å². The molecule has 0 radical (unpaired) electrons. The SMILES string of the molecule is CNc1nc(Cl)ncc1OCC(OC)c1ccc(C(F)(F)F)cc1C(F)(F)F. The van der Waals surface area contributed by atoms with E-state index in [2.05, 4.69) is 15.3 Å². The Balaban J connectivity index is 2.36. The average molecular weight is 430 g/mol. The molecule has 154 valence electrons. The van der Waals surface area contributed by atoms with Crippen LogP contribution in [0.25, 0.3) is 0 Å². The molecule has 0 amide bonds. The molecular formula is C16H14ClF6N3O2. The van der Waals surface area contributed by atoms with Crippen LogP contribution in [0.5, 0.6) is 5.75 Å². The molecule has 28 heavy (non-hydrogen) atoms. The van der Waals surface area contributed by atoms with Crippen LogP contribution in [0.2, 0.25) is 5.28 Å². The maximum atomic E-state index is 13.3. The summed E-state index contributed by atoms with van der Waals surface area (Å²) in [5, 5.41) is 2.59. The Bertz CT molecular complexity index is 829. The molecule has 0 saturated carbocycles. The second-order valence-electron chi connectivity index (χ2n) is 5.43. The highest BCUT2D eigenvalue weighted by molar-refractivity contribution is 6.28. The average Bonchev–Trinajstić information content (AvgIpc) is 2.61. The van der Waals surface area contributed by atoms with E-state index in [1.165, 1.54) is 13.2 Å². The van der Waals surface area contributed by atoms with E-state index in [0.717, 1.165) is 13.2 Å². The normalized spacial score (nSPS) is 13.3. The number of aromatic nitrogens is 2. The first-order valence-corrected chi connectivity index (χ1v) is 7.99. The Morgan fingerprint density at radius 1 is 1.14 bits per heavy atom. The van der Waals surface area contributed by atoms with E-state index < -0.39 is 41.8 Å². The van der Waals surface area contributed by atoms with Gasteiger partial charge in [0.05, 0.1) is 17.3 Å². The lowest BCUT2D eigenvalue weighted by atomic mass is 9.99. The molecule has 5 nitrogen and oxygen atoms in total. The minimum atomic E-state index is -5.02. The van der Waals surface area contributed by atoms with Crippen molar-refractivity contribution in [3.05, 3.63) is 46.4 Å². The quantitative estimate of drug-likeness (QED) is 0.518. The smallest absolute Gasteiger partial charge is 0.416 e. The van der Waals surface area contributed by atoms with Crippen LogP contribution in [0, 0.1) is 0 Å². The largest absolute Gasteiger partial charge is 0.485 e. The first kappa shape index (κ1) is 22.0. The molecule has 1 aromatic heterocycles. The molecule has 1 N–H and O–H groups in total. The lowest BCUT2D eigenvalue weighted by Crippen LogP contribution is -2.20. The van der Waals surface area contributed by atoms with Gasteiger partial charge in [-0.15, -0.1) is 0 Å². The minimum Gasteiger partial charge on any atom is -0.485 e. The summed E-state index contributed by atoms with van der Waals surface area (Å²) < 4.78 is 88.8. The first-order valence-electron chi connectivity index (χ1n) is 7.61. The molecule has 0 saturated heterocycles. The van der Waals surface area contributed by atoms with E-state index in [9.17, 15) is 26.3 Å². The highest BCUT2D eigenvalue weighted by Crippen LogP contribution is 2.40. The summed E-state index contributed by atoms with van der Waals surface area (Å²) >= 11 is 5.64. The highest BCUT2D eigenvalue weighted by Gasteiger charge is 2.39. The van der Waals surface area contributed by atoms with Crippen molar-refractivity contribution in [2.24, 2.45) is 0 Å². The fourth-order valence-corrected chi connectivity index (χ4v) is 2.48. The zero-order chi connectivity index (χ0) is 21.1. The molecule has 12 heteroatoms. The molecule has 0 aliphatic rings.